The van der Waals surface area contributed by atoms with Crippen molar-refractivity contribution in [1.82, 2.24) is 9.97 Å². The molecule has 270 valence electrons. The number of aliphatic hydroxyl groups is 6. The van der Waals surface area contributed by atoms with Crippen LogP contribution in [0.25, 0.3) is 0 Å². The average molecular weight is 699 g/mol. The van der Waals surface area contributed by atoms with E-state index in [1.165, 1.54) is 0 Å². The predicted octanol–water partition coefficient (Wildman–Crippen LogP) is 2.94. The highest BCUT2D eigenvalue weighted by Crippen LogP contribution is 2.44. The van der Waals surface area contributed by atoms with Crippen LogP contribution in [0.3, 0.4) is 0 Å². The van der Waals surface area contributed by atoms with Gasteiger partial charge in [-0.25, -0.2) is 4.98 Å². The Morgan fingerprint density at radius 1 is 0.745 bits per heavy atom. The molecule has 0 amide bonds. The van der Waals surface area contributed by atoms with Gasteiger partial charge in [-0.15, -0.1) is 0 Å². The Morgan fingerprint density at radius 3 is 2.04 bits per heavy atom. The van der Waals surface area contributed by atoms with Gasteiger partial charge in [-0.05, 0) is 73.1 Å². The van der Waals surface area contributed by atoms with Crippen molar-refractivity contribution in [1.29, 1.82) is 0 Å². The first-order valence-electron chi connectivity index (χ1n) is 17.2. The molecule has 8 N–H and O–H groups in total. The Balaban J connectivity index is 1.32. The van der Waals surface area contributed by atoms with Crippen LogP contribution in [-0.2, 0) is 9.59 Å². The number of nitrogens with zero attached hydrogens (tertiary/aromatic N) is 2. The van der Waals surface area contributed by atoms with Gasteiger partial charge in [0.25, 0.3) is 0 Å². The molecule has 1 aliphatic carbocycles. The Kier molecular flexibility index (Phi) is 13.4. The van der Waals surface area contributed by atoms with E-state index in [2.05, 4.69) is 20.6 Å². The smallest absolute Gasteiger partial charge is 0.229 e. The third-order valence-corrected chi connectivity index (χ3v) is 9.70. The zero-order valence-corrected chi connectivity index (χ0v) is 28.1. The number of benzene rings is 2. The Labute approximate surface area is 296 Å². The molecule has 51 heavy (non-hydrogen) atoms. The van der Waals surface area contributed by atoms with Crippen LogP contribution < -0.4 is 10.6 Å². The summed E-state index contributed by atoms with van der Waals surface area (Å²) in [5.74, 6) is -2.43. The van der Waals surface area contributed by atoms with E-state index in [4.69, 9.17) is 5.11 Å². The summed E-state index contributed by atoms with van der Waals surface area (Å²) in [6.45, 7) is -0.318. The molecule has 1 fully saturated rings. The topological polar surface area (TPSA) is 205 Å². The van der Waals surface area contributed by atoms with Crippen molar-refractivity contribution in [3.63, 3.8) is 0 Å². The lowest BCUT2D eigenvalue weighted by molar-refractivity contribution is -0.156. The molecule has 0 radical (unpaired) electrons. The fourth-order valence-electron chi connectivity index (χ4n) is 6.75. The normalized spacial score (nSPS) is 20.2. The van der Waals surface area contributed by atoms with Gasteiger partial charge in [0.15, 0.2) is 0 Å². The highest BCUT2D eigenvalue weighted by Gasteiger charge is 2.40. The van der Waals surface area contributed by atoms with Gasteiger partial charge >= 0.3 is 0 Å². The molecule has 2 aromatic heterocycles. The van der Waals surface area contributed by atoms with Crippen molar-refractivity contribution in [2.75, 3.05) is 23.8 Å². The van der Waals surface area contributed by atoms with Gasteiger partial charge in [-0.3, -0.25) is 14.6 Å². The maximum Gasteiger partial charge on any atom is 0.229 e. The van der Waals surface area contributed by atoms with E-state index in [-0.39, 0.29) is 5.92 Å². The summed E-state index contributed by atoms with van der Waals surface area (Å²) in [7, 11) is 0. The molecule has 0 unspecified atom stereocenters. The van der Waals surface area contributed by atoms with E-state index < -0.39 is 66.6 Å². The largest absolute Gasteiger partial charge is 0.394 e. The number of ketones is 2. The van der Waals surface area contributed by atoms with Gasteiger partial charge in [0.1, 0.15) is 30.2 Å². The number of pyridine rings is 2. The lowest BCUT2D eigenvalue weighted by atomic mass is 9.78. The van der Waals surface area contributed by atoms with E-state index in [1.807, 2.05) is 91.0 Å². The second-order valence-corrected chi connectivity index (χ2v) is 13.1. The van der Waals surface area contributed by atoms with Crippen molar-refractivity contribution in [3.05, 3.63) is 120 Å². The monoisotopic (exact) mass is 698 g/mol. The molecule has 0 saturated heterocycles. The molecule has 2 aromatic carbocycles. The summed E-state index contributed by atoms with van der Waals surface area (Å²) in [5.41, 5.74) is 3.19. The van der Waals surface area contributed by atoms with Crippen LogP contribution in [0.1, 0.15) is 60.6 Å². The van der Waals surface area contributed by atoms with Gasteiger partial charge in [-0.2, -0.15) is 0 Å². The summed E-state index contributed by atoms with van der Waals surface area (Å²) < 4.78 is 0. The Bertz CT molecular complexity index is 1670. The number of hydrogen-bond donors (Lipinski definition) is 8. The van der Waals surface area contributed by atoms with E-state index in [9.17, 15) is 35.1 Å². The molecule has 5 rings (SSSR count). The first kappa shape index (κ1) is 37.7. The standard InChI is InChI=1S/C39H46N4O8/c44-23-30(45)36(48)38(50)39(51)37(49)35(47)26-18-16-24(17-19-26)22-42-28-13-5-4-12-27(28)33(43-31-15-7-9-21-41-31)32(29-14-6-8-20-40-29)34(46)25-10-2-1-3-11-25/h1-15,20-21,24,26,30,32-34,36,38-39,42,44-46,48,50-51H,16-19,22-23H2,(H,41,43)/t24?,26?,30-,32-,33+,34+,36-,38+,39+/m1/s1. The maximum atomic E-state index is 12.9. The number of carbonyl (C=O) groups excluding carboxylic acids is 2. The van der Waals surface area contributed by atoms with E-state index in [1.54, 1.807) is 12.4 Å². The van der Waals surface area contributed by atoms with Crippen LogP contribution >= 0.6 is 0 Å². The molecule has 1 saturated carbocycles. The number of nitrogens with one attached hydrogen (secondary N) is 2. The van der Waals surface area contributed by atoms with Crippen molar-refractivity contribution < 1.29 is 40.2 Å². The number of para-hydroxylation sites is 1. The van der Waals surface area contributed by atoms with Crippen molar-refractivity contribution >= 4 is 23.1 Å². The van der Waals surface area contributed by atoms with Crippen LogP contribution in [0.5, 0.6) is 0 Å². The summed E-state index contributed by atoms with van der Waals surface area (Å²) in [5, 5.41) is 67.9. The number of hydrogen-bond acceptors (Lipinski definition) is 12. The van der Waals surface area contributed by atoms with Crippen molar-refractivity contribution in [3.8, 4) is 0 Å². The Hall–Kier alpha value is -4.56. The zero-order chi connectivity index (χ0) is 36.3. The third kappa shape index (κ3) is 9.41. The van der Waals surface area contributed by atoms with Gasteiger partial charge in [0.05, 0.1) is 24.7 Å². The first-order valence-corrected chi connectivity index (χ1v) is 17.2. The second-order valence-electron chi connectivity index (χ2n) is 13.1. The minimum atomic E-state index is -2.22. The second kappa shape index (κ2) is 18.1. The SMILES string of the molecule is O=C(C(=O)[C@H](O)[C@@H](O)[C@H](O)[C@H](O)CO)C1CCC(CNc2ccccc2[C@H](Nc2ccccn2)[C@@H](c2ccccn2)[C@@H](O)c2ccccc2)CC1. The molecule has 2 heterocycles. The molecule has 7 atom stereocenters. The molecule has 12 heteroatoms. The highest BCUT2D eigenvalue weighted by atomic mass is 16.4. The summed E-state index contributed by atoms with van der Waals surface area (Å²) in [6, 6.07) is 28.1. The number of anilines is 2. The molecular weight excluding hydrogens is 652 g/mol. The molecule has 12 nitrogen and oxygen atoms in total. The van der Waals surface area contributed by atoms with Crippen LogP contribution in [0, 0.1) is 11.8 Å². The van der Waals surface area contributed by atoms with Crippen LogP contribution in [0.15, 0.2) is 103 Å². The molecule has 0 aliphatic heterocycles. The van der Waals surface area contributed by atoms with Crippen molar-refractivity contribution in [2.24, 2.45) is 11.8 Å². The number of Topliss-reactive ketones (excluding diaryl/α,β-unsaturated/α-hetero) is 2. The van der Waals surface area contributed by atoms with E-state index >= 15 is 0 Å². The van der Waals surface area contributed by atoms with Gasteiger partial charge in [-0.1, -0.05) is 60.7 Å². The predicted molar refractivity (Wildman–Crippen MR) is 190 cm³/mol. The fourth-order valence-corrected chi connectivity index (χ4v) is 6.75. The fraction of sp³-hybridized carbons (Fsp3) is 0.385. The average Bonchev–Trinajstić information content (AvgIpc) is 3.19. The quantitative estimate of drug-likeness (QED) is 0.0750. The molecule has 0 bridgehead atoms. The number of aliphatic hydroxyl groups excluding tert-OH is 6. The van der Waals surface area contributed by atoms with Crippen molar-refractivity contribution in [2.45, 2.75) is 68.2 Å². The minimum Gasteiger partial charge on any atom is -0.394 e. The Morgan fingerprint density at radius 2 is 1.39 bits per heavy atom. The number of carbonyl (C=O) groups is 2. The van der Waals surface area contributed by atoms with Gasteiger partial charge in [0.2, 0.25) is 11.6 Å². The maximum absolute atomic E-state index is 12.9. The van der Waals surface area contributed by atoms with E-state index in [0.717, 1.165) is 16.8 Å². The third-order valence-electron chi connectivity index (χ3n) is 9.70. The molecular formula is C39H46N4O8. The van der Waals surface area contributed by atoms with Crippen LogP contribution in [0.2, 0.25) is 0 Å². The van der Waals surface area contributed by atoms with Crippen LogP contribution in [-0.4, -0.2) is 89.7 Å². The minimum absolute atomic E-state index is 0.165. The van der Waals surface area contributed by atoms with Gasteiger partial charge in [0, 0.05) is 36.2 Å². The first-order chi connectivity index (χ1) is 24.7. The zero-order valence-electron chi connectivity index (χ0n) is 28.1. The van der Waals surface area contributed by atoms with E-state index in [0.29, 0.717) is 43.7 Å². The summed E-state index contributed by atoms with van der Waals surface area (Å²) >= 11 is 0. The highest BCUT2D eigenvalue weighted by molar-refractivity contribution is 6.39. The number of rotatable bonds is 17. The van der Waals surface area contributed by atoms with Gasteiger partial charge < -0.3 is 41.3 Å². The summed E-state index contributed by atoms with van der Waals surface area (Å²) in [4.78, 5) is 34.8. The van der Waals surface area contributed by atoms with Crippen LogP contribution in [0.4, 0.5) is 11.5 Å². The molecule has 1 aliphatic rings. The lowest BCUT2D eigenvalue weighted by Gasteiger charge is -2.34. The summed E-state index contributed by atoms with van der Waals surface area (Å²) in [6.07, 6.45) is -3.55. The molecule has 4 aromatic rings. The lowest BCUT2D eigenvalue weighted by Crippen LogP contribution is -2.51. The molecule has 0 spiro atoms. The number of aromatic nitrogens is 2.